The van der Waals surface area contributed by atoms with Crippen LogP contribution in [0, 0.1) is 0 Å². The van der Waals surface area contributed by atoms with E-state index in [2.05, 4.69) is 10.2 Å². The fourth-order valence-corrected chi connectivity index (χ4v) is 1.88. The maximum absolute atomic E-state index is 12.2. The molecular formula is C12H25N3O2. The Morgan fingerprint density at radius 3 is 2.71 bits per heavy atom. The predicted octanol–water partition coefficient (Wildman–Crippen LogP) is -0.225. The smallest absolute Gasteiger partial charge is 0.239 e. The summed E-state index contributed by atoms with van der Waals surface area (Å²) in [5.74, 6) is 0.227. The van der Waals surface area contributed by atoms with Crippen molar-refractivity contribution in [3.05, 3.63) is 0 Å². The lowest BCUT2D eigenvalue weighted by Gasteiger charge is -2.33. The monoisotopic (exact) mass is 243 g/mol. The molecule has 0 radical (unpaired) electrons. The van der Waals surface area contributed by atoms with Crippen molar-refractivity contribution in [3.8, 4) is 0 Å². The van der Waals surface area contributed by atoms with Crippen molar-refractivity contribution in [3.63, 3.8) is 0 Å². The number of carbonyl (C=O) groups is 1. The van der Waals surface area contributed by atoms with Gasteiger partial charge in [-0.3, -0.25) is 9.69 Å². The van der Waals surface area contributed by atoms with Gasteiger partial charge in [-0.25, -0.2) is 0 Å². The summed E-state index contributed by atoms with van der Waals surface area (Å²) in [5.41, 5.74) is 0. The third-order valence-electron chi connectivity index (χ3n) is 3.24. The largest absolute Gasteiger partial charge is 0.380 e. The molecule has 1 rings (SSSR count). The van der Waals surface area contributed by atoms with Gasteiger partial charge in [-0.05, 0) is 20.9 Å². The summed E-state index contributed by atoms with van der Waals surface area (Å²) >= 11 is 0. The van der Waals surface area contributed by atoms with Crippen molar-refractivity contribution in [1.29, 1.82) is 0 Å². The molecule has 0 aromatic rings. The standard InChI is InChI=1S/C12H25N3O2/c1-4-17-10-9-14(3)11(2)12(16)15-7-5-13-6-8-15/h11,13H,4-10H2,1-3H3. The SMILES string of the molecule is CCOCCN(C)C(C)C(=O)N1CCNCC1. The molecule has 1 aliphatic heterocycles. The molecule has 100 valence electrons. The van der Waals surface area contributed by atoms with E-state index in [9.17, 15) is 4.79 Å². The van der Waals surface area contributed by atoms with Crippen molar-refractivity contribution in [2.75, 3.05) is 53.0 Å². The normalized spacial score (nSPS) is 18.5. The van der Waals surface area contributed by atoms with Gasteiger partial charge in [0.15, 0.2) is 0 Å². The first-order valence-electron chi connectivity index (χ1n) is 6.44. The molecule has 1 fully saturated rings. The highest BCUT2D eigenvalue weighted by Crippen LogP contribution is 2.03. The van der Waals surface area contributed by atoms with Crippen LogP contribution in [0.25, 0.3) is 0 Å². The number of likely N-dealkylation sites (N-methyl/N-ethyl adjacent to an activating group) is 1. The van der Waals surface area contributed by atoms with E-state index in [1.165, 1.54) is 0 Å². The zero-order chi connectivity index (χ0) is 12.7. The molecule has 1 aliphatic rings. The Morgan fingerprint density at radius 2 is 2.12 bits per heavy atom. The number of piperazine rings is 1. The zero-order valence-corrected chi connectivity index (χ0v) is 11.2. The minimum atomic E-state index is -0.0615. The average Bonchev–Trinajstić information content (AvgIpc) is 2.38. The van der Waals surface area contributed by atoms with E-state index in [0.717, 1.165) is 39.3 Å². The second-order valence-corrected chi connectivity index (χ2v) is 4.43. The van der Waals surface area contributed by atoms with Crippen LogP contribution in [0.3, 0.4) is 0 Å². The number of nitrogens with zero attached hydrogens (tertiary/aromatic N) is 2. The second kappa shape index (κ2) is 7.63. The Labute approximate surface area is 104 Å². The highest BCUT2D eigenvalue weighted by molar-refractivity contribution is 5.81. The summed E-state index contributed by atoms with van der Waals surface area (Å²) in [4.78, 5) is 16.2. The molecule has 1 unspecified atom stereocenters. The Bertz CT molecular complexity index is 230. The van der Waals surface area contributed by atoms with E-state index in [1.54, 1.807) is 0 Å². The van der Waals surface area contributed by atoms with E-state index >= 15 is 0 Å². The number of hydrogen-bond acceptors (Lipinski definition) is 4. The molecule has 1 heterocycles. The van der Waals surface area contributed by atoms with Crippen molar-refractivity contribution in [1.82, 2.24) is 15.1 Å². The van der Waals surface area contributed by atoms with E-state index in [-0.39, 0.29) is 11.9 Å². The van der Waals surface area contributed by atoms with E-state index in [4.69, 9.17) is 4.74 Å². The Balaban J connectivity index is 2.33. The molecule has 0 spiro atoms. The summed E-state index contributed by atoms with van der Waals surface area (Å²) in [6.45, 7) is 9.62. The molecule has 1 atom stereocenters. The van der Waals surface area contributed by atoms with Crippen molar-refractivity contribution in [2.45, 2.75) is 19.9 Å². The first kappa shape index (κ1) is 14.4. The van der Waals surface area contributed by atoms with Gasteiger partial charge in [0.2, 0.25) is 5.91 Å². The van der Waals surface area contributed by atoms with Gasteiger partial charge in [-0.15, -0.1) is 0 Å². The highest BCUT2D eigenvalue weighted by Gasteiger charge is 2.24. The summed E-state index contributed by atoms with van der Waals surface area (Å²) in [7, 11) is 1.98. The quantitative estimate of drug-likeness (QED) is 0.655. The average molecular weight is 243 g/mol. The molecule has 0 aromatic carbocycles. The van der Waals surface area contributed by atoms with Crippen molar-refractivity contribution < 1.29 is 9.53 Å². The van der Waals surface area contributed by atoms with Crippen LogP contribution in [0.15, 0.2) is 0 Å². The lowest BCUT2D eigenvalue weighted by Crippen LogP contribution is -2.52. The summed E-state index contributed by atoms with van der Waals surface area (Å²) in [6, 6.07) is -0.0615. The first-order chi connectivity index (χ1) is 8.16. The molecule has 1 saturated heterocycles. The molecule has 0 bridgehead atoms. The fraction of sp³-hybridized carbons (Fsp3) is 0.917. The third kappa shape index (κ3) is 4.61. The summed E-state index contributed by atoms with van der Waals surface area (Å²) < 4.78 is 5.30. The van der Waals surface area contributed by atoms with Gasteiger partial charge >= 0.3 is 0 Å². The van der Waals surface area contributed by atoms with Crippen molar-refractivity contribution in [2.24, 2.45) is 0 Å². The first-order valence-corrected chi connectivity index (χ1v) is 6.44. The lowest BCUT2D eigenvalue weighted by atomic mass is 10.2. The van der Waals surface area contributed by atoms with Crippen LogP contribution in [0.5, 0.6) is 0 Å². The van der Waals surface area contributed by atoms with Gasteiger partial charge in [0, 0.05) is 39.3 Å². The molecule has 5 nitrogen and oxygen atoms in total. The summed E-state index contributed by atoms with van der Waals surface area (Å²) in [5, 5.41) is 3.25. The third-order valence-corrected chi connectivity index (χ3v) is 3.24. The van der Waals surface area contributed by atoms with Gasteiger partial charge in [0.25, 0.3) is 0 Å². The van der Waals surface area contributed by atoms with Gasteiger partial charge < -0.3 is 15.0 Å². The maximum atomic E-state index is 12.2. The molecule has 17 heavy (non-hydrogen) atoms. The van der Waals surface area contributed by atoms with Crippen LogP contribution in [-0.2, 0) is 9.53 Å². The molecule has 0 aromatic heterocycles. The molecule has 0 saturated carbocycles. The van der Waals surface area contributed by atoms with Crippen LogP contribution >= 0.6 is 0 Å². The van der Waals surface area contributed by atoms with E-state index < -0.39 is 0 Å². The second-order valence-electron chi connectivity index (χ2n) is 4.43. The summed E-state index contributed by atoms with van der Waals surface area (Å²) in [6.07, 6.45) is 0. The number of nitrogens with one attached hydrogen (secondary N) is 1. The minimum Gasteiger partial charge on any atom is -0.380 e. The highest BCUT2D eigenvalue weighted by atomic mass is 16.5. The Morgan fingerprint density at radius 1 is 1.47 bits per heavy atom. The zero-order valence-electron chi connectivity index (χ0n) is 11.2. The molecule has 5 heteroatoms. The lowest BCUT2D eigenvalue weighted by molar-refractivity contribution is -0.136. The van der Waals surface area contributed by atoms with Crippen molar-refractivity contribution >= 4 is 5.91 Å². The molecular weight excluding hydrogens is 218 g/mol. The number of amides is 1. The Kier molecular flexibility index (Phi) is 6.47. The van der Waals surface area contributed by atoms with Gasteiger partial charge in [-0.1, -0.05) is 0 Å². The van der Waals surface area contributed by atoms with Crippen LogP contribution in [0.4, 0.5) is 0 Å². The maximum Gasteiger partial charge on any atom is 0.239 e. The minimum absolute atomic E-state index is 0.0615. The Hall–Kier alpha value is -0.650. The molecule has 1 N–H and O–H groups in total. The van der Waals surface area contributed by atoms with E-state index in [1.807, 2.05) is 25.8 Å². The number of hydrogen-bond donors (Lipinski definition) is 1. The van der Waals surface area contributed by atoms with Crippen LogP contribution in [0.2, 0.25) is 0 Å². The molecule has 0 aliphatic carbocycles. The van der Waals surface area contributed by atoms with Crippen LogP contribution < -0.4 is 5.32 Å². The number of rotatable bonds is 6. The van der Waals surface area contributed by atoms with Gasteiger partial charge in [0.1, 0.15) is 0 Å². The topological polar surface area (TPSA) is 44.8 Å². The van der Waals surface area contributed by atoms with Gasteiger partial charge in [0.05, 0.1) is 12.6 Å². The van der Waals surface area contributed by atoms with Crippen LogP contribution in [-0.4, -0.2) is 74.7 Å². The molecule has 1 amide bonds. The number of carbonyl (C=O) groups excluding carboxylic acids is 1. The predicted molar refractivity (Wildman–Crippen MR) is 68.0 cm³/mol. The van der Waals surface area contributed by atoms with Gasteiger partial charge in [-0.2, -0.15) is 0 Å². The van der Waals surface area contributed by atoms with Crippen LogP contribution in [0.1, 0.15) is 13.8 Å². The number of ether oxygens (including phenoxy) is 1. The fourth-order valence-electron chi connectivity index (χ4n) is 1.88. The van der Waals surface area contributed by atoms with E-state index in [0.29, 0.717) is 6.61 Å².